The highest BCUT2D eigenvalue weighted by Crippen LogP contribution is 2.60. The number of alkyl carbamates (subject to hydrolysis) is 1. The van der Waals surface area contributed by atoms with Gasteiger partial charge in [0.15, 0.2) is 0 Å². The molecule has 19 N–H and O–H groups in total. The van der Waals surface area contributed by atoms with Gasteiger partial charge in [0, 0.05) is 81.4 Å². The highest BCUT2D eigenvalue weighted by molar-refractivity contribution is 6.01. The number of hydrogen-bond acceptors (Lipinski definition) is 28. The smallest absolute Gasteiger partial charge is 0.408 e. The van der Waals surface area contributed by atoms with Gasteiger partial charge in [-0.25, -0.2) is 9.59 Å². The average Bonchev–Trinajstić information content (AvgIpc) is 0.717. The van der Waals surface area contributed by atoms with E-state index in [1.807, 2.05) is 38.1 Å². The number of aliphatic hydroxyl groups excluding tert-OH is 1. The third-order valence-electron chi connectivity index (χ3n) is 29.6. The Morgan fingerprint density at radius 1 is 0.520 bits per heavy atom. The van der Waals surface area contributed by atoms with Crippen molar-refractivity contribution >= 4 is 82.6 Å². The summed E-state index contributed by atoms with van der Waals surface area (Å²) in [7, 11) is 6.18. The molecule has 6 aliphatic carbocycles. The quantitative estimate of drug-likeness (QED) is 0.00701. The van der Waals surface area contributed by atoms with Crippen LogP contribution in [0.25, 0.3) is 0 Å². The molecule has 9 rings (SSSR count). The van der Waals surface area contributed by atoms with E-state index in [2.05, 4.69) is 105 Å². The number of nitrogens with zero attached hydrogens (tertiary/aromatic N) is 2. The van der Waals surface area contributed by atoms with E-state index in [-0.39, 0.29) is 182 Å². The molecule has 0 aromatic heterocycles. The van der Waals surface area contributed by atoms with Crippen LogP contribution in [0.1, 0.15) is 230 Å². The number of hydrogen-bond donors (Lipinski definition) is 16. The molecule has 12 atom stereocenters. The highest BCUT2D eigenvalue weighted by atomic mass is 16.6. The molecule has 6 aliphatic rings. The SMILES string of the molecule is CC(C)[C@H](NC(=O)[C@@H](CCCCNC(=O)COC1CCCC(N(CCCCC(=O)Nc2ccc(COC(=O)N[C@@H](CO)C(=O)Nc3ccc4c(c3)[C@@]3(C)CCC[C@](C)(C(=O)NC(=O)[C@@]5(C)CCC[C@]6(C)c7cc(O)ccc7CC[C@@H]56)[C@@H]3CC4)cc2)C(N)=O)C/C(NCCOCCOCCOCCOCCC(=O)NCC[N+](C)(C)C)=C\1NN)NC(=O)CCOCCOCCOCCOCCNC(=O)COC1C#CCCCCC1)C(N)=O. The number of ether oxygens (including phenoxy) is 11. The number of urea groups is 1. The van der Waals surface area contributed by atoms with Crippen LogP contribution in [-0.4, -0.2) is 313 Å². The highest BCUT2D eigenvalue weighted by Gasteiger charge is 2.59. The number of phenols is 1. The molecule has 41 nitrogen and oxygen atoms in total. The minimum absolute atomic E-state index is 0.0255. The summed E-state index contributed by atoms with van der Waals surface area (Å²) in [5, 5.41) is 49.7. The largest absolute Gasteiger partial charge is 0.508 e. The van der Waals surface area contributed by atoms with Crippen LogP contribution >= 0.6 is 0 Å². The second kappa shape index (κ2) is 63.7. The Balaban J connectivity index is 0.696. The number of primary amides is 2. The van der Waals surface area contributed by atoms with Gasteiger partial charge in [-0.3, -0.25) is 59.1 Å². The van der Waals surface area contributed by atoms with Crippen molar-refractivity contribution in [3.05, 3.63) is 99.9 Å². The molecule has 41 heteroatoms. The van der Waals surface area contributed by atoms with Crippen LogP contribution in [0.3, 0.4) is 0 Å². The van der Waals surface area contributed by atoms with Crippen molar-refractivity contribution in [3.8, 4) is 17.6 Å². The molecule has 0 spiro atoms. The number of carbonyl (C=O) groups excluding carboxylic acids is 12. The number of carbonyl (C=O) groups is 12. The van der Waals surface area contributed by atoms with Gasteiger partial charge in [0.05, 0.1) is 163 Å². The average molecular weight is 2110 g/mol. The summed E-state index contributed by atoms with van der Waals surface area (Å²) in [4.78, 5) is 163. The molecule has 0 aliphatic heterocycles. The van der Waals surface area contributed by atoms with E-state index in [0.717, 1.165) is 105 Å². The zero-order valence-corrected chi connectivity index (χ0v) is 89.9. The van der Waals surface area contributed by atoms with Crippen molar-refractivity contribution in [2.45, 2.75) is 269 Å². The number of nitrogens with two attached hydrogens (primary N) is 3. The van der Waals surface area contributed by atoms with Gasteiger partial charge in [-0.1, -0.05) is 91.0 Å². The summed E-state index contributed by atoms with van der Waals surface area (Å²) in [6.45, 7) is 17.3. The van der Waals surface area contributed by atoms with E-state index < -0.39 is 94.8 Å². The van der Waals surface area contributed by atoms with Crippen LogP contribution in [0, 0.1) is 40.4 Å². The van der Waals surface area contributed by atoms with E-state index in [4.69, 9.17) is 69.4 Å². The lowest BCUT2D eigenvalue weighted by molar-refractivity contribution is -0.869. The zero-order chi connectivity index (χ0) is 108. The molecule has 0 bridgehead atoms. The Hall–Kier alpha value is -10.7. The van der Waals surface area contributed by atoms with Crippen LogP contribution < -0.4 is 75.9 Å². The molecule has 0 saturated heterocycles. The molecule has 3 unspecified atom stereocenters. The van der Waals surface area contributed by atoms with Crippen molar-refractivity contribution < 1.29 is 124 Å². The Kier molecular flexibility index (Phi) is 52.1. The molecule has 2 saturated carbocycles. The van der Waals surface area contributed by atoms with Crippen LogP contribution in [0.15, 0.2) is 72.1 Å². The Labute approximate surface area is 884 Å². The predicted octanol–water partition coefficient (Wildman–Crippen LogP) is 6.67. The fourth-order valence-corrected chi connectivity index (χ4v) is 21.4. The van der Waals surface area contributed by atoms with Gasteiger partial charge in [0.25, 0.3) is 0 Å². The number of anilines is 2. The minimum atomic E-state index is -1.39. The second-order valence-corrected chi connectivity index (χ2v) is 42.2. The van der Waals surface area contributed by atoms with E-state index in [0.29, 0.717) is 165 Å². The molecule has 836 valence electrons. The number of aryl methyl sites for hydroxylation is 2. The van der Waals surface area contributed by atoms with Crippen molar-refractivity contribution in [1.29, 1.82) is 0 Å². The molecule has 3 aromatic rings. The Bertz CT molecular complexity index is 4920. The Morgan fingerprint density at radius 3 is 1.67 bits per heavy atom. The normalized spacial score (nSPS) is 22.0. The number of aliphatic hydroxyl groups is 1. The number of rotatable bonds is 66. The van der Waals surface area contributed by atoms with E-state index in [1.165, 1.54) is 5.56 Å². The predicted molar refractivity (Wildman–Crippen MR) is 562 cm³/mol. The topological polar surface area (TPSA) is 560 Å². The maximum atomic E-state index is 14.9. The van der Waals surface area contributed by atoms with Gasteiger partial charge in [-0.05, 0) is 215 Å². The summed E-state index contributed by atoms with van der Waals surface area (Å²) in [5.41, 5.74) is 19.0. The monoisotopic (exact) mass is 2100 g/mol. The van der Waals surface area contributed by atoms with Crippen LogP contribution in [-0.2, 0) is 130 Å². The third kappa shape index (κ3) is 40.1. The zero-order valence-electron chi connectivity index (χ0n) is 89.9. The number of likely N-dealkylation sites (N-methyl/N-ethyl adjacent to an activating group) is 1. The number of aromatic hydroxyl groups is 1. The van der Waals surface area contributed by atoms with Crippen LogP contribution in [0.5, 0.6) is 5.75 Å². The lowest BCUT2D eigenvalue weighted by Gasteiger charge is -2.56. The van der Waals surface area contributed by atoms with Crippen molar-refractivity contribution in [3.63, 3.8) is 0 Å². The molecule has 150 heavy (non-hydrogen) atoms. The number of fused-ring (bicyclic) bond motifs is 6. The van der Waals surface area contributed by atoms with E-state index in [1.54, 1.807) is 55.1 Å². The number of benzene rings is 3. The molecular weight excluding hydrogens is 1930 g/mol. The number of hydrazine groups is 1. The fraction of sp³-hybridized carbons (Fsp3) is 0.688. The maximum Gasteiger partial charge on any atom is 0.408 e. The Morgan fingerprint density at radius 2 is 1.08 bits per heavy atom. The van der Waals surface area contributed by atoms with E-state index >= 15 is 0 Å². The van der Waals surface area contributed by atoms with Gasteiger partial charge in [0.2, 0.25) is 59.1 Å². The maximum absolute atomic E-state index is 14.9. The van der Waals surface area contributed by atoms with Gasteiger partial charge in [-0.2, -0.15) is 0 Å². The fourth-order valence-electron chi connectivity index (χ4n) is 21.4. The van der Waals surface area contributed by atoms with Crippen molar-refractivity contribution in [2.75, 3.05) is 197 Å². The summed E-state index contributed by atoms with van der Waals surface area (Å²) < 4.78 is 63.4. The second-order valence-electron chi connectivity index (χ2n) is 42.2. The van der Waals surface area contributed by atoms with Gasteiger partial charge in [0.1, 0.15) is 55.9 Å². The van der Waals surface area contributed by atoms with Crippen LogP contribution in [0.2, 0.25) is 0 Å². The summed E-state index contributed by atoms with van der Waals surface area (Å²) in [6.07, 6.45) is 14.0. The minimum Gasteiger partial charge on any atom is -0.508 e. The first kappa shape index (κ1) is 123. The molecule has 0 radical (unpaired) electrons. The lowest BCUT2D eigenvalue weighted by atomic mass is 9.49. The number of phenolic OH excluding ortho intramolecular Hbond substituents is 1. The number of unbranched alkanes of at least 4 members (excludes halogenated alkanes) is 2. The molecule has 2 fully saturated rings. The molecule has 13 amide bonds. The standard InChI is InChI=1S/C109H170N16O25/c1-75(2)97(99(110)133)121-100(134)86(119-94(130)41-53-141-57-61-145-65-67-147-63-59-143-55-49-116-95(131)73-148-83-23-13-11-10-12-14-24-83)25-15-17-46-114-96(132)74-149-89-26-19-22-81(69-87(98(89)123-112)113-48-54-142-58-62-146-66-64-144-60-56-140-52-40-92(128)115-47-51-125(7,8)9)124(104(111)138)50-18-16-27-93(129)117-79-34-28-76(29-35-79)72-150-105(139)120-88(71-126)101(135)118-80-36-30-77-32-38-90-106(3,84(77)68-80)42-20-44-108(90,5)102(136)122-103(137)109(6)45-21-43-107(4)85-70-82(127)37-31-78(85)33-39-91(107)109/h28-31,34-37,68,70,75,81,83,86,88-91,97,113,123,126H,10-13,15-23,25-27,32-33,38-67,69,71-74,112H2,1-9H3,(H13-,110,111,114,115,116,117,118,119,120,121,122,127,128,129,130,131,132,133,134,135,136,137,138,139)/p+1/b98-87-/t81?,83?,86-,88+,89?,90-,91-,97+,106-,107-,108+,109+/m1/s1. The van der Waals surface area contributed by atoms with Gasteiger partial charge < -0.3 is 136 Å². The molecule has 0 heterocycles. The molecular formula is C109H171N16O25+. The van der Waals surface area contributed by atoms with Gasteiger partial charge in [-0.15, -0.1) is 5.92 Å². The number of nitrogens with one attached hydrogen (secondary N) is 11. The first-order valence-electron chi connectivity index (χ1n) is 53.9. The summed E-state index contributed by atoms with van der Waals surface area (Å²) >= 11 is 0. The van der Waals surface area contributed by atoms with Gasteiger partial charge >= 0.3 is 12.1 Å². The van der Waals surface area contributed by atoms with Crippen LogP contribution in [0.4, 0.5) is 21.0 Å². The number of quaternary nitrogens is 1. The number of amides is 13. The van der Waals surface area contributed by atoms with Crippen molar-refractivity contribution in [2.24, 2.45) is 45.9 Å². The summed E-state index contributed by atoms with van der Waals surface area (Å²) in [6, 6.07) is 13.3. The number of imide groups is 1. The summed E-state index contributed by atoms with van der Waals surface area (Å²) in [5.74, 6) is 8.23. The molecule has 3 aromatic carbocycles. The van der Waals surface area contributed by atoms with Crippen molar-refractivity contribution in [1.82, 2.24) is 52.9 Å². The lowest BCUT2D eigenvalue weighted by Crippen LogP contribution is -2.60. The first-order chi connectivity index (χ1) is 72.0. The third-order valence-corrected chi connectivity index (χ3v) is 29.6. The first-order valence-corrected chi connectivity index (χ1v) is 53.9. The van der Waals surface area contributed by atoms with E-state index in [9.17, 15) is 67.7 Å².